The van der Waals surface area contributed by atoms with E-state index in [0.29, 0.717) is 24.0 Å². The van der Waals surface area contributed by atoms with Crippen molar-refractivity contribution < 1.29 is 34.3 Å². The Morgan fingerprint density at radius 1 is 1.21 bits per heavy atom. The number of benzene rings is 2. The molecule has 2 aromatic carbocycles. The van der Waals surface area contributed by atoms with Gasteiger partial charge < -0.3 is 34.3 Å². The summed E-state index contributed by atoms with van der Waals surface area (Å²) in [5, 5.41) is 41.5. The highest BCUT2D eigenvalue weighted by Gasteiger charge is 2.41. The molecule has 0 fully saturated rings. The number of methoxy groups -OCH3 is 1. The van der Waals surface area contributed by atoms with Crippen LogP contribution in [0.1, 0.15) is 39.2 Å². The fraction of sp³-hybridized carbons (Fsp3) is 0.346. The summed E-state index contributed by atoms with van der Waals surface area (Å²) >= 11 is 0. The zero-order chi connectivity index (χ0) is 24.8. The summed E-state index contributed by atoms with van der Waals surface area (Å²) in [5.74, 6) is -0.668. The van der Waals surface area contributed by atoms with Crippen LogP contribution in [0.25, 0.3) is 22.3 Å². The van der Waals surface area contributed by atoms with Gasteiger partial charge in [0, 0.05) is 29.7 Å². The van der Waals surface area contributed by atoms with E-state index in [1.807, 2.05) is 19.9 Å². The van der Waals surface area contributed by atoms with Crippen LogP contribution in [0.15, 0.2) is 45.1 Å². The third-order valence-corrected chi connectivity index (χ3v) is 6.15. The first-order valence-corrected chi connectivity index (χ1v) is 11.0. The van der Waals surface area contributed by atoms with E-state index in [1.54, 1.807) is 13.0 Å². The third-order valence-electron chi connectivity index (χ3n) is 6.15. The minimum Gasteiger partial charge on any atom is -0.508 e. The molecule has 8 heteroatoms. The largest absolute Gasteiger partial charge is 0.508 e. The first kappa shape index (κ1) is 23.5. The Bertz CT molecular complexity index is 1350. The average molecular weight is 469 g/mol. The van der Waals surface area contributed by atoms with E-state index in [-0.39, 0.29) is 46.1 Å². The molecule has 8 nitrogen and oxygen atoms in total. The molecule has 3 aromatic rings. The quantitative estimate of drug-likeness (QED) is 0.392. The van der Waals surface area contributed by atoms with E-state index in [1.165, 1.54) is 19.2 Å². The van der Waals surface area contributed by atoms with Gasteiger partial charge in [0.15, 0.2) is 17.3 Å². The third kappa shape index (κ3) is 4.05. The fourth-order valence-corrected chi connectivity index (χ4v) is 4.32. The van der Waals surface area contributed by atoms with Crippen molar-refractivity contribution in [2.75, 3.05) is 7.11 Å². The molecule has 2 heterocycles. The zero-order valence-corrected chi connectivity index (χ0v) is 19.5. The topological polar surface area (TPSA) is 130 Å². The molecule has 0 amide bonds. The van der Waals surface area contributed by atoms with E-state index in [9.17, 15) is 25.2 Å². The van der Waals surface area contributed by atoms with Crippen molar-refractivity contribution in [1.29, 1.82) is 0 Å². The molecular weight excluding hydrogens is 440 g/mol. The van der Waals surface area contributed by atoms with Gasteiger partial charge in [-0.1, -0.05) is 11.6 Å². The lowest BCUT2D eigenvalue weighted by atomic mass is 9.88. The highest BCUT2D eigenvalue weighted by Crippen LogP contribution is 2.47. The summed E-state index contributed by atoms with van der Waals surface area (Å²) < 4.78 is 17.3. The molecule has 0 aliphatic carbocycles. The molecule has 4 rings (SSSR count). The second-order valence-corrected chi connectivity index (χ2v) is 9.06. The summed E-state index contributed by atoms with van der Waals surface area (Å²) in [7, 11) is 1.31. The highest BCUT2D eigenvalue weighted by atomic mass is 16.5. The van der Waals surface area contributed by atoms with Gasteiger partial charge >= 0.3 is 0 Å². The lowest BCUT2D eigenvalue weighted by molar-refractivity contribution is -0.0438. The molecule has 1 aromatic heterocycles. The van der Waals surface area contributed by atoms with E-state index in [2.05, 4.69) is 0 Å². The SMILES string of the molecule is COc1c(-c2ccc(O)c3c2C[C@@H](C(C)(O)CCC=C(C)C)O3)oc2cc(O)cc(O)c2c1=O. The van der Waals surface area contributed by atoms with E-state index in [0.717, 1.165) is 11.6 Å². The van der Waals surface area contributed by atoms with Crippen molar-refractivity contribution in [1.82, 2.24) is 0 Å². The summed E-state index contributed by atoms with van der Waals surface area (Å²) in [6.45, 7) is 5.68. The van der Waals surface area contributed by atoms with Crippen LogP contribution in [-0.4, -0.2) is 39.2 Å². The van der Waals surface area contributed by atoms with Crippen molar-refractivity contribution in [3.8, 4) is 40.1 Å². The molecular formula is C26H28O8. The van der Waals surface area contributed by atoms with Gasteiger partial charge in [-0.3, -0.25) is 4.79 Å². The Kier molecular flexibility index (Phi) is 5.95. The molecule has 0 spiro atoms. The Morgan fingerprint density at radius 3 is 2.62 bits per heavy atom. The molecule has 0 saturated carbocycles. The van der Waals surface area contributed by atoms with Gasteiger partial charge in [-0.25, -0.2) is 0 Å². The molecule has 1 unspecified atom stereocenters. The second kappa shape index (κ2) is 8.61. The maximum absolute atomic E-state index is 13.1. The Balaban J connectivity index is 1.82. The number of phenolic OH excluding ortho intramolecular Hbond substituents is 3. The lowest BCUT2D eigenvalue weighted by Crippen LogP contribution is -2.42. The molecule has 4 N–H and O–H groups in total. The van der Waals surface area contributed by atoms with Gasteiger partial charge in [0.1, 0.15) is 28.6 Å². The van der Waals surface area contributed by atoms with Crippen LogP contribution in [0.5, 0.6) is 28.7 Å². The summed E-state index contributed by atoms with van der Waals surface area (Å²) in [6.07, 6.45) is 2.80. The number of aliphatic hydroxyl groups is 1. The smallest absolute Gasteiger partial charge is 0.239 e. The van der Waals surface area contributed by atoms with Crippen molar-refractivity contribution in [2.45, 2.75) is 51.7 Å². The predicted molar refractivity (Wildman–Crippen MR) is 127 cm³/mol. The Morgan fingerprint density at radius 2 is 1.94 bits per heavy atom. The van der Waals surface area contributed by atoms with E-state index < -0.39 is 22.9 Å². The van der Waals surface area contributed by atoms with Crippen LogP contribution in [0.2, 0.25) is 0 Å². The van der Waals surface area contributed by atoms with Gasteiger partial charge in [-0.15, -0.1) is 0 Å². The first-order valence-electron chi connectivity index (χ1n) is 11.0. The predicted octanol–water partition coefficient (Wildman–Crippen LogP) is 4.39. The molecule has 2 atom stereocenters. The van der Waals surface area contributed by atoms with Crippen LogP contribution in [0.3, 0.4) is 0 Å². The Hall–Kier alpha value is -3.65. The molecule has 1 aliphatic rings. The standard InChI is InChI=1S/C26H28O8/c1-13(2)6-5-9-26(3,31)20-12-16-15(7-8-17(28)23(16)34-20)24-25(32-4)22(30)21-18(29)10-14(27)11-19(21)33-24/h6-8,10-11,20,27-29,31H,5,9,12H2,1-4H3/t20-,26?/m0/s1. The zero-order valence-electron chi connectivity index (χ0n) is 19.5. The number of hydrogen-bond acceptors (Lipinski definition) is 8. The molecule has 0 bridgehead atoms. The van der Waals surface area contributed by atoms with Crippen LogP contribution < -0.4 is 14.9 Å². The van der Waals surface area contributed by atoms with Gasteiger partial charge in [0.2, 0.25) is 11.2 Å². The molecule has 180 valence electrons. The average Bonchev–Trinajstić information content (AvgIpc) is 3.20. The van der Waals surface area contributed by atoms with Crippen LogP contribution in [-0.2, 0) is 6.42 Å². The lowest BCUT2D eigenvalue weighted by Gasteiger charge is -2.29. The maximum atomic E-state index is 13.1. The van der Waals surface area contributed by atoms with E-state index >= 15 is 0 Å². The van der Waals surface area contributed by atoms with E-state index in [4.69, 9.17) is 13.9 Å². The Labute approximate surface area is 196 Å². The molecule has 1 aliphatic heterocycles. The minimum atomic E-state index is -1.18. The van der Waals surface area contributed by atoms with Crippen molar-refractivity contribution in [2.24, 2.45) is 0 Å². The number of aromatic hydroxyl groups is 3. The van der Waals surface area contributed by atoms with Gasteiger partial charge in [0.25, 0.3) is 0 Å². The van der Waals surface area contributed by atoms with Gasteiger partial charge in [-0.2, -0.15) is 0 Å². The summed E-state index contributed by atoms with van der Waals surface area (Å²) in [4.78, 5) is 13.1. The monoisotopic (exact) mass is 468 g/mol. The number of hydrogen-bond donors (Lipinski definition) is 4. The van der Waals surface area contributed by atoms with Crippen LogP contribution in [0, 0.1) is 0 Å². The van der Waals surface area contributed by atoms with Crippen LogP contribution in [0.4, 0.5) is 0 Å². The number of rotatable bonds is 6. The number of allylic oxidation sites excluding steroid dienone is 2. The van der Waals surface area contributed by atoms with Crippen molar-refractivity contribution in [3.63, 3.8) is 0 Å². The summed E-state index contributed by atoms with van der Waals surface area (Å²) in [6, 6.07) is 5.27. The van der Waals surface area contributed by atoms with Crippen molar-refractivity contribution in [3.05, 3.63) is 51.7 Å². The number of ether oxygens (including phenoxy) is 2. The fourth-order valence-electron chi connectivity index (χ4n) is 4.32. The first-order chi connectivity index (χ1) is 16.0. The number of phenols is 3. The normalized spacial score (nSPS) is 16.6. The van der Waals surface area contributed by atoms with Crippen molar-refractivity contribution >= 4 is 11.0 Å². The molecule has 34 heavy (non-hydrogen) atoms. The number of fused-ring (bicyclic) bond motifs is 2. The van der Waals surface area contributed by atoms with Crippen LogP contribution >= 0.6 is 0 Å². The maximum Gasteiger partial charge on any atom is 0.239 e. The second-order valence-electron chi connectivity index (χ2n) is 9.06. The summed E-state index contributed by atoms with van der Waals surface area (Å²) in [5.41, 5.74) is 0.334. The van der Waals surface area contributed by atoms with Gasteiger partial charge in [-0.05, 0) is 45.7 Å². The van der Waals surface area contributed by atoms with Gasteiger partial charge in [0.05, 0.1) is 12.7 Å². The minimum absolute atomic E-state index is 0.0238. The molecule has 0 radical (unpaired) electrons. The molecule has 0 saturated heterocycles. The highest BCUT2D eigenvalue weighted by molar-refractivity contribution is 5.89.